The summed E-state index contributed by atoms with van der Waals surface area (Å²) in [6, 6.07) is 4.64. The van der Waals surface area contributed by atoms with Gasteiger partial charge in [-0.05, 0) is 35.0 Å². The number of nitrogens with zero attached hydrogens (tertiary/aromatic N) is 2. The van der Waals surface area contributed by atoms with Crippen molar-refractivity contribution < 1.29 is 9.66 Å². The molecule has 1 rings (SSSR count). The summed E-state index contributed by atoms with van der Waals surface area (Å²) in [6.07, 6.45) is 0. The van der Waals surface area contributed by atoms with Crippen molar-refractivity contribution in [3.05, 3.63) is 32.8 Å². The van der Waals surface area contributed by atoms with Crippen molar-refractivity contribution in [3.63, 3.8) is 0 Å². The first-order valence-corrected chi connectivity index (χ1v) is 6.40. The minimum absolute atomic E-state index is 0.0245. The number of halogens is 1. The van der Waals surface area contributed by atoms with E-state index in [0.717, 1.165) is 0 Å². The fourth-order valence-electron chi connectivity index (χ4n) is 1.32. The number of benzene rings is 1. The topological polar surface area (TPSA) is 64.7 Å². The summed E-state index contributed by atoms with van der Waals surface area (Å²) in [4.78, 5) is 14.6. The quantitative estimate of drug-likeness (QED) is 0.364. The molecule has 98 valence electrons. The van der Waals surface area contributed by atoms with E-state index in [9.17, 15) is 10.1 Å². The van der Waals surface area contributed by atoms with Crippen molar-refractivity contribution in [2.45, 2.75) is 20.8 Å². The van der Waals surface area contributed by atoms with E-state index in [1.165, 1.54) is 6.07 Å². The Bertz CT molecular complexity index is 472. The minimum Gasteiger partial charge on any atom is -0.481 e. The van der Waals surface area contributed by atoms with Crippen LogP contribution in [0.25, 0.3) is 0 Å². The van der Waals surface area contributed by atoms with Crippen molar-refractivity contribution in [1.82, 2.24) is 0 Å². The highest BCUT2D eigenvalue weighted by Gasteiger charge is 2.12. The molecule has 0 aliphatic carbocycles. The van der Waals surface area contributed by atoms with E-state index in [0.29, 0.717) is 22.7 Å². The third-order valence-corrected chi connectivity index (χ3v) is 2.79. The highest BCUT2D eigenvalue weighted by molar-refractivity contribution is 9.10. The van der Waals surface area contributed by atoms with Gasteiger partial charge in [-0.15, -0.1) is 0 Å². The van der Waals surface area contributed by atoms with Crippen molar-refractivity contribution in [2.24, 2.45) is 10.9 Å². The molecule has 0 bridgehead atoms. The van der Waals surface area contributed by atoms with E-state index in [1.54, 1.807) is 12.1 Å². The van der Waals surface area contributed by atoms with Crippen molar-refractivity contribution in [2.75, 3.05) is 6.61 Å². The van der Waals surface area contributed by atoms with Gasteiger partial charge in [-0.3, -0.25) is 10.1 Å². The minimum atomic E-state index is -0.441. The highest BCUT2D eigenvalue weighted by atomic mass is 79.9. The number of nitro groups is 1. The Balaban J connectivity index is 3.07. The maximum Gasteiger partial charge on any atom is 0.283 e. The molecule has 0 aliphatic rings. The molecule has 0 amide bonds. The fraction of sp³-hybridized carbons (Fsp3) is 0.417. The van der Waals surface area contributed by atoms with E-state index in [2.05, 4.69) is 20.9 Å². The van der Waals surface area contributed by atoms with Crippen LogP contribution >= 0.6 is 15.9 Å². The summed E-state index contributed by atoms with van der Waals surface area (Å²) in [6.45, 7) is 6.40. The Labute approximate surface area is 114 Å². The first kappa shape index (κ1) is 14.6. The monoisotopic (exact) mass is 314 g/mol. The van der Waals surface area contributed by atoms with Crippen LogP contribution in [-0.2, 0) is 4.74 Å². The molecule has 1 aromatic rings. The molecule has 1 aromatic carbocycles. The maximum absolute atomic E-state index is 10.7. The summed E-state index contributed by atoms with van der Waals surface area (Å²) in [5, 5.41) is 10.7. The molecule has 0 saturated carbocycles. The van der Waals surface area contributed by atoms with E-state index in [4.69, 9.17) is 4.74 Å². The van der Waals surface area contributed by atoms with Gasteiger partial charge in [0.1, 0.15) is 0 Å². The summed E-state index contributed by atoms with van der Waals surface area (Å²) < 4.78 is 5.84. The molecule has 0 N–H and O–H groups in total. The number of rotatable bonds is 4. The molecule has 0 saturated heterocycles. The predicted octanol–water partition coefficient (Wildman–Crippen LogP) is 4.08. The van der Waals surface area contributed by atoms with E-state index < -0.39 is 4.92 Å². The molecule has 0 aliphatic heterocycles. The van der Waals surface area contributed by atoms with E-state index in [-0.39, 0.29) is 11.6 Å². The largest absolute Gasteiger partial charge is 0.481 e. The Morgan fingerprint density at radius 3 is 2.67 bits per heavy atom. The fourth-order valence-corrected chi connectivity index (χ4v) is 1.83. The van der Waals surface area contributed by atoms with Gasteiger partial charge in [-0.2, -0.15) is 0 Å². The summed E-state index contributed by atoms with van der Waals surface area (Å²) in [5.74, 6) is 0.789. The Hall–Kier alpha value is -1.43. The lowest BCUT2D eigenvalue weighted by atomic mass is 10.2. The number of ether oxygens (including phenoxy) is 1. The second-order valence-corrected chi connectivity index (χ2v) is 4.78. The van der Waals surface area contributed by atoms with Crippen LogP contribution < -0.4 is 0 Å². The molecule has 0 unspecified atom stereocenters. The van der Waals surface area contributed by atoms with Crippen molar-refractivity contribution in [3.8, 4) is 0 Å². The molecule has 5 nitrogen and oxygen atoms in total. The van der Waals surface area contributed by atoms with E-state index >= 15 is 0 Å². The Morgan fingerprint density at radius 1 is 1.56 bits per heavy atom. The van der Waals surface area contributed by atoms with Crippen LogP contribution in [0.4, 0.5) is 11.4 Å². The number of aliphatic imine (C=N–C) groups is 1. The third kappa shape index (κ3) is 3.80. The lowest BCUT2D eigenvalue weighted by Gasteiger charge is -2.10. The van der Waals surface area contributed by atoms with Crippen LogP contribution in [0, 0.1) is 16.0 Å². The molecular formula is C12H15BrN2O3. The first-order valence-electron chi connectivity index (χ1n) is 5.61. The molecule has 0 aromatic heterocycles. The summed E-state index contributed by atoms with van der Waals surface area (Å²) >= 11 is 3.16. The second kappa shape index (κ2) is 6.49. The molecule has 0 heterocycles. The number of hydrogen-bond acceptors (Lipinski definition) is 4. The Morgan fingerprint density at radius 2 is 2.22 bits per heavy atom. The van der Waals surface area contributed by atoms with Crippen LogP contribution in [0.5, 0.6) is 0 Å². The van der Waals surface area contributed by atoms with Crippen LogP contribution in [0.1, 0.15) is 20.8 Å². The summed E-state index contributed by atoms with van der Waals surface area (Å²) in [5.41, 5.74) is 0.654. The van der Waals surface area contributed by atoms with Gasteiger partial charge in [0.25, 0.3) is 5.69 Å². The summed E-state index contributed by atoms with van der Waals surface area (Å²) in [7, 11) is 0. The van der Waals surface area contributed by atoms with Gasteiger partial charge >= 0.3 is 0 Å². The number of nitro benzene ring substituents is 1. The average Bonchev–Trinajstić information content (AvgIpc) is 2.27. The zero-order chi connectivity index (χ0) is 13.7. The molecule has 0 radical (unpaired) electrons. The Kier molecular flexibility index (Phi) is 5.27. The van der Waals surface area contributed by atoms with Gasteiger partial charge < -0.3 is 4.74 Å². The van der Waals surface area contributed by atoms with Gasteiger partial charge in [0, 0.05) is 12.0 Å². The van der Waals surface area contributed by atoms with Crippen LogP contribution in [-0.4, -0.2) is 17.4 Å². The normalized spacial score (nSPS) is 11.7. The average molecular weight is 315 g/mol. The van der Waals surface area contributed by atoms with Gasteiger partial charge in [0.15, 0.2) is 5.90 Å². The van der Waals surface area contributed by atoms with Gasteiger partial charge in [0.2, 0.25) is 0 Å². The van der Waals surface area contributed by atoms with Crippen LogP contribution in [0.3, 0.4) is 0 Å². The maximum atomic E-state index is 10.7. The SMILES string of the molecule is CCO/C(=N\c1ccc([N+](=O)[O-])c(Br)c1)C(C)C. The predicted molar refractivity (Wildman–Crippen MR) is 74.4 cm³/mol. The molecule has 0 spiro atoms. The third-order valence-electron chi connectivity index (χ3n) is 2.15. The van der Waals surface area contributed by atoms with Crippen LogP contribution in [0.2, 0.25) is 0 Å². The standard InChI is InChI=1S/C12H15BrN2O3/c1-4-18-12(8(2)3)14-9-5-6-11(15(16)17)10(13)7-9/h5-8H,4H2,1-3H3/b14-12-. The molecule has 0 atom stereocenters. The van der Waals surface area contributed by atoms with Gasteiger partial charge in [-0.25, -0.2) is 4.99 Å². The zero-order valence-electron chi connectivity index (χ0n) is 10.5. The van der Waals surface area contributed by atoms with Crippen molar-refractivity contribution in [1.29, 1.82) is 0 Å². The van der Waals surface area contributed by atoms with Crippen molar-refractivity contribution >= 4 is 33.2 Å². The second-order valence-electron chi connectivity index (χ2n) is 3.93. The van der Waals surface area contributed by atoms with Gasteiger partial charge in [0.05, 0.1) is 21.7 Å². The number of hydrogen-bond donors (Lipinski definition) is 0. The molecular weight excluding hydrogens is 300 g/mol. The smallest absolute Gasteiger partial charge is 0.283 e. The van der Waals surface area contributed by atoms with E-state index in [1.807, 2.05) is 20.8 Å². The molecule has 0 fully saturated rings. The van der Waals surface area contributed by atoms with Gasteiger partial charge in [-0.1, -0.05) is 13.8 Å². The molecule has 18 heavy (non-hydrogen) atoms. The highest BCUT2D eigenvalue weighted by Crippen LogP contribution is 2.29. The van der Waals surface area contributed by atoms with Crippen LogP contribution in [0.15, 0.2) is 27.7 Å². The lowest BCUT2D eigenvalue weighted by Crippen LogP contribution is -2.11. The first-order chi connectivity index (χ1) is 8.45. The molecule has 6 heteroatoms. The lowest BCUT2D eigenvalue weighted by molar-refractivity contribution is -0.385. The zero-order valence-corrected chi connectivity index (χ0v) is 12.1.